The van der Waals surface area contributed by atoms with Crippen molar-refractivity contribution in [3.63, 3.8) is 0 Å². The molecular formula is C16H13FN2OS. The molecule has 2 aromatic carbocycles. The number of benzene rings is 2. The van der Waals surface area contributed by atoms with Crippen LogP contribution in [0, 0.1) is 10.6 Å². The van der Waals surface area contributed by atoms with E-state index in [1.807, 2.05) is 18.2 Å². The number of H-pyrrole nitrogens is 1. The lowest BCUT2D eigenvalue weighted by Crippen LogP contribution is -2.23. The number of nitrogens with zero attached hydrogens (tertiary/aromatic N) is 1. The Bertz CT molecular complexity index is 897. The summed E-state index contributed by atoms with van der Waals surface area (Å²) < 4.78 is 14.8. The van der Waals surface area contributed by atoms with Gasteiger partial charge in [0.1, 0.15) is 5.82 Å². The highest BCUT2D eigenvalue weighted by Gasteiger charge is 2.05. The number of fused-ring (bicyclic) bond motifs is 1. The number of aryl methyl sites for hydroxylation is 1. The van der Waals surface area contributed by atoms with Crippen LogP contribution in [0.2, 0.25) is 0 Å². The van der Waals surface area contributed by atoms with Crippen LogP contribution in [-0.2, 0) is 13.0 Å². The molecule has 5 heteroatoms. The van der Waals surface area contributed by atoms with Gasteiger partial charge < -0.3 is 4.98 Å². The largest absolute Gasteiger partial charge is 0.332 e. The Morgan fingerprint density at radius 3 is 2.57 bits per heavy atom. The molecule has 0 aliphatic carbocycles. The van der Waals surface area contributed by atoms with Gasteiger partial charge in [0.2, 0.25) is 0 Å². The van der Waals surface area contributed by atoms with E-state index in [1.165, 1.54) is 12.1 Å². The van der Waals surface area contributed by atoms with Crippen LogP contribution in [0.15, 0.2) is 53.3 Å². The van der Waals surface area contributed by atoms with E-state index in [2.05, 4.69) is 4.98 Å². The normalized spacial score (nSPS) is 10.9. The molecule has 0 unspecified atom stereocenters. The van der Waals surface area contributed by atoms with E-state index >= 15 is 0 Å². The highest BCUT2D eigenvalue weighted by molar-refractivity contribution is 7.71. The Kier molecular flexibility index (Phi) is 3.66. The number of hydrogen-bond acceptors (Lipinski definition) is 2. The summed E-state index contributed by atoms with van der Waals surface area (Å²) in [6, 6.07) is 13.6. The molecule has 1 aromatic heterocycles. The third kappa shape index (κ3) is 2.78. The summed E-state index contributed by atoms with van der Waals surface area (Å²) in [5.41, 5.74) is 1.60. The quantitative estimate of drug-likeness (QED) is 0.752. The summed E-state index contributed by atoms with van der Waals surface area (Å²) in [6.45, 7) is 0.463. The van der Waals surface area contributed by atoms with E-state index < -0.39 is 0 Å². The van der Waals surface area contributed by atoms with Gasteiger partial charge in [0, 0.05) is 6.54 Å². The highest BCUT2D eigenvalue weighted by atomic mass is 32.1. The molecule has 1 N–H and O–H groups in total. The average molecular weight is 300 g/mol. The molecule has 3 rings (SSSR count). The van der Waals surface area contributed by atoms with Crippen molar-refractivity contribution in [3.05, 3.63) is 75.0 Å². The van der Waals surface area contributed by atoms with Crippen molar-refractivity contribution >= 4 is 23.1 Å². The lowest BCUT2D eigenvalue weighted by atomic mass is 10.1. The van der Waals surface area contributed by atoms with Crippen molar-refractivity contribution in [2.24, 2.45) is 0 Å². The van der Waals surface area contributed by atoms with Crippen LogP contribution in [0.4, 0.5) is 4.39 Å². The summed E-state index contributed by atoms with van der Waals surface area (Å²) in [5, 5.41) is 0.616. The zero-order valence-corrected chi connectivity index (χ0v) is 12.0. The molecule has 0 radical (unpaired) electrons. The van der Waals surface area contributed by atoms with E-state index in [1.54, 1.807) is 22.8 Å². The van der Waals surface area contributed by atoms with Crippen LogP contribution in [0.5, 0.6) is 0 Å². The molecule has 0 saturated heterocycles. The molecule has 0 spiro atoms. The van der Waals surface area contributed by atoms with Crippen molar-refractivity contribution in [1.29, 1.82) is 0 Å². The Balaban J connectivity index is 1.95. The van der Waals surface area contributed by atoms with Crippen LogP contribution in [0.1, 0.15) is 5.56 Å². The Morgan fingerprint density at radius 1 is 1.10 bits per heavy atom. The predicted molar refractivity (Wildman–Crippen MR) is 83.5 cm³/mol. The maximum atomic E-state index is 12.9. The second kappa shape index (κ2) is 5.61. The second-order valence-corrected chi connectivity index (χ2v) is 5.20. The van der Waals surface area contributed by atoms with E-state index in [0.29, 0.717) is 23.1 Å². The summed E-state index contributed by atoms with van der Waals surface area (Å²) in [4.78, 5) is 15.5. The first-order valence-corrected chi connectivity index (χ1v) is 7.02. The van der Waals surface area contributed by atoms with Crippen molar-refractivity contribution in [2.45, 2.75) is 13.0 Å². The van der Waals surface area contributed by atoms with Gasteiger partial charge in [-0.1, -0.05) is 24.3 Å². The first-order valence-electron chi connectivity index (χ1n) is 6.61. The van der Waals surface area contributed by atoms with Crippen molar-refractivity contribution in [2.75, 3.05) is 0 Å². The number of nitrogens with one attached hydrogen (secondary N) is 1. The van der Waals surface area contributed by atoms with Gasteiger partial charge in [-0.2, -0.15) is 0 Å². The van der Waals surface area contributed by atoms with E-state index in [0.717, 1.165) is 11.1 Å². The first-order chi connectivity index (χ1) is 10.1. The minimum absolute atomic E-state index is 0.100. The Labute approximate surface area is 125 Å². The molecule has 0 saturated carbocycles. The van der Waals surface area contributed by atoms with Crippen LogP contribution in [0.3, 0.4) is 0 Å². The zero-order valence-electron chi connectivity index (χ0n) is 11.2. The molecule has 3 nitrogen and oxygen atoms in total. The molecule has 0 fully saturated rings. The fraction of sp³-hybridized carbons (Fsp3) is 0.125. The second-order valence-electron chi connectivity index (χ2n) is 4.81. The number of halogens is 1. The third-order valence-corrected chi connectivity index (χ3v) is 3.75. The zero-order chi connectivity index (χ0) is 14.8. The van der Waals surface area contributed by atoms with Crippen molar-refractivity contribution in [1.82, 2.24) is 9.55 Å². The molecule has 0 atom stereocenters. The van der Waals surface area contributed by atoms with Gasteiger partial charge in [-0.25, -0.2) is 4.39 Å². The van der Waals surface area contributed by atoms with E-state index in [4.69, 9.17) is 12.2 Å². The van der Waals surface area contributed by atoms with E-state index in [9.17, 15) is 9.18 Å². The van der Waals surface area contributed by atoms with Crippen LogP contribution in [0.25, 0.3) is 10.9 Å². The van der Waals surface area contributed by atoms with Gasteiger partial charge in [-0.15, -0.1) is 0 Å². The standard InChI is InChI=1S/C16H13FN2OS/c17-12-7-5-11(6-8-12)9-10-19-15(20)13-3-1-2-4-14(13)18-16(19)21/h1-8H,9-10H2,(H,18,21). The maximum absolute atomic E-state index is 12.9. The smallest absolute Gasteiger partial charge is 0.262 e. The minimum Gasteiger partial charge on any atom is -0.332 e. The fourth-order valence-electron chi connectivity index (χ4n) is 2.29. The number of rotatable bonds is 3. The first kappa shape index (κ1) is 13.7. The number of hydrogen-bond donors (Lipinski definition) is 1. The number of aromatic amines is 1. The van der Waals surface area contributed by atoms with Crippen LogP contribution in [-0.4, -0.2) is 9.55 Å². The highest BCUT2D eigenvalue weighted by Crippen LogP contribution is 2.08. The monoisotopic (exact) mass is 300 g/mol. The summed E-state index contributed by atoms with van der Waals surface area (Å²) in [6.07, 6.45) is 0.621. The fourth-order valence-corrected chi connectivity index (χ4v) is 2.58. The Morgan fingerprint density at radius 2 is 1.81 bits per heavy atom. The lowest BCUT2D eigenvalue weighted by Gasteiger charge is -2.08. The summed E-state index contributed by atoms with van der Waals surface area (Å²) >= 11 is 5.25. The molecule has 0 aliphatic rings. The molecule has 0 amide bonds. The number of para-hydroxylation sites is 1. The van der Waals surface area contributed by atoms with Gasteiger partial charge in [0.05, 0.1) is 10.9 Å². The SMILES string of the molecule is O=c1c2ccccc2[nH]c(=S)n1CCc1ccc(F)cc1. The van der Waals surface area contributed by atoms with Crippen molar-refractivity contribution in [3.8, 4) is 0 Å². The van der Waals surface area contributed by atoms with Gasteiger partial charge in [0.15, 0.2) is 4.77 Å². The van der Waals surface area contributed by atoms with Gasteiger partial charge in [0.25, 0.3) is 5.56 Å². The molecule has 1 heterocycles. The van der Waals surface area contributed by atoms with Gasteiger partial charge in [-0.3, -0.25) is 9.36 Å². The molecule has 0 bridgehead atoms. The molecular weight excluding hydrogens is 287 g/mol. The molecule has 0 aliphatic heterocycles. The summed E-state index contributed by atoms with van der Waals surface area (Å²) in [5.74, 6) is -0.265. The lowest BCUT2D eigenvalue weighted by molar-refractivity contribution is 0.623. The van der Waals surface area contributed by atoms with Gasteiger partial charge in [-0.05, 0) is 48.5 Å². The third-order valence-electron chi connectivity index (χ3n) is 3.43. The van der Waals surface area contributed by atoms with Crippen molar-refractivity contribution < 1.29 is 4.39 Å². The topological polar surface area (TPSA) is 37.8 Å². The Hall–Kier alpha value is -2.27. The molecule has 21 heavy (non-hydrogen) atoms. The van der Waals surface area contributed by atoms with E-state index in [-0.39, 0.29) is 11.4 Å². The predicted octanol–water partition coefficient (Wildman–Crippen LogP) is 3.44. The number of aromatic nitrogens is 2. The van der Waals surface area contributed by atoms with Crippen LogP contribution < -0.4 is 5.56 Å². The van der Waals surface area contributed by atoms with Crippen LogP contribution >= 0.6 is 12.2 Å². The molecule has 106 valence electrons. The summed E-state index contributed by atoms with van der Waals surface area (Å²) in [7, 11) is 0. The van der Waals surface area contributed by atoms with Gasteiger partial charge >= 0.3 is 0 Å². The molecule has 3 aromatic rings. The minimum atomic E-state index is -0.265. The average Bonchev–Trinajstić information content (AvgIpc) is 2.49. The maximum Gasteiger partial charge on any atom is 0.262 e.